The maximum absolute atomic E-state index is 5.47. The van der Waals surface area contributed by atoms with Crippen LogP contribution >= 0.6 is 0 Å². The maximum Gasteiger partial charge on any atom is 0.148 e. The highest BCUT2D eigenvalue weighted by molar-refractivity contribution is 5.61. The van der Waals surface area contributed by atoms with Crippen molar-refractivity contribution >= 4 is 6.08 Å². The van der Waals surface area contributed by atoms with Gasteiger partial charge in [0.15, 0.2) is 0 Å². The zero-order valence-corrected chi connectivity index (χ0v) is 10.7. The fraction of sp³-hybridized carbons (Fsp3) is 0.250. The Bertz CT molecular complexity index is 509. The van der Waals surface area contributed by atoms with E-state index in [1.54, 1.807) is 0 Å². The van der Waals surface area contributed by atoms with Crippen LogP contribution in [-0.2, 0) is 0 Å². The Kier molecular flexibility index (Phi) is 5.42. The van der Waals surface area contributed by atoms with Crippen molar-refractivity contribution in [3.05, 3.63) is 29.3 Å². The molecule has 92 valence electrons. The molecule has 1 aromatic rings. The second kappa shape index (κ2) is 7.09. The van der Waals surface area contributed by atoms with Gasteiger partial charge in [-0.05, 0) is 32.0 Å². The molecule has 0 amide bonds. The molecule has 0 heterocycles. The quantitative estimate of drug-likeness (QED) is 0.736. The van der Waals surface area contributed by atoms with Crippen molar-refractivity contribution in [1.82, 2.24) is 0 Å². The number of allylic oxidation sites excluding steroid dienone is 1. The summed E-state index contributed by atoms with van der Waals surface area (Å²) in [4.78, 5) is 0. The SMILES string of the molecule is C#CCOc1ccc(OCC#C)c(C=C(C)C)c1. The van der Waals surface area contributed by atoms with Gasteiger partial charge in [0.25, 0.3) is 0 Å². The third kappa shape index (κ3) is 4.28. The van der Waals surface area contributed by atoms with Crippen LogP contribution in [0.15, 0.2) is 23.8 Å². The van der Waals surface area contributed by atoms with Crippen LogP contribution in [0.5, 0.6) is 11.5 Å². The van der Waals surface area contributed by atoms with E-state index in [9.17, 15) is 0 Å². The van der Waals surface area contributed by atoms with Gasteiger partial charge in [-0.1, -0.05) is 23.5 Å². The summed E-state index contributed by atoms with van der Waals surface area (Å²) in [5.74, 6) is 6.33. The highest BCUT2D eigenvalue weighted by Crippen LogP contribution is 2.26. The molecule has 0 fully saturated rings. The molecule has 2 heteroatoms. The number of rotatable bonds is 5. The highest BCUT2D eigenvalue weighted by atomic mass is 16.5. The Morgan fingerprint density at radius 3 is 2.44 bits per heavy atom. The summed E-state index contributed by atoms with van der Waals surface area (Å²) in [5.41, 5.74) is 2.09. The predicted octanol–water partition coefficient (Wildman–Crippen LogP) is 3.13. The first kappa shape index (κ1) is 13.7. The summed E-state index contributed by atoms with van der Waals surface area (Å²) in [6, 6.07) is 5.53. The van der Waals surface area contributed by atoms with Gasteiger partial charge in [-0.25, -0.2) is 0 Å². The molecule has 0 spiro atoms. The van der Waals surface area contributed by atoms with Crippen molar-refractivity contribution in [2.45, 2.75) is 13.8 Å². The topological polar surface area (TPSA) is 18.5 Å². The lowest BCUT2D eigenvalue weighted by atomic mass is 10.1. The van der Waals surface area contributed by atoms with Crippen molar-refractivity contribution in [3.8, 4) is 36.2 Å². The minimum absolute atomic E-state index is 0.244. The minimum Gasteiger partial charge on any atom is -0.481 e. The number of hydrogen-bond donors (Lipinski definition) is 0. The third-order valence-electron chi connectivity index (χ3n) is 2.06. The van der Waals surface area contributed by atoms with Gasteiger partial charge in [-0.3, -0.25) is 0 Å². The molecule has 0 unspecified atom stereocenters. The lowest BCUT2D eigenvalue weighted by molar-refractivity contribution is 0.359. The summed E-state index contributed by atoms with van der Waals surface area (Å²) in [5, 5.41) is 0. The number of benzene rings is 1. The Morgan fingerprint density at radius 2 is 1.83 bits per heavy atom. The Labute approximate surface area is 109 Å². The van der Waals surface area contributed by atoms with Gasteiger partial charge in [0.05, 0.1) is 0 Å². The molecule has 0 saturated heterocycles. The number of ether oxygens (including phenoxy) is 2. The molecule has 18 heavy (non-hydrogen) atoms. The predicted molar refractivity (Wildman–Crippen MR) is 74.4 cm³/mol. The van der Waals surface area contributed by atoms with Gasteiger partial charge >= 0.3 is 0 Å². The van der Waals surface area contributed by atoms with E-state index in [1.165, 1.54) is 0 Å². The molecule has 1 rings (SSSR count). The van der Waals surface area contributed by atoms with Gasteiger partial charge < -0.3 is 9.47 Å². The lowest BCUT2D eigenvalue weighted by Gasteiger charge is -2.10. The van der Waals surface area contributed by atoms with E-state index in [1.807, 2.05) is 38.1 Å². The summed E-state index contributed by atoms with van der Waals surface area (Å²) in [7, 11) is 0. The molecule has 2 nitrogen and oxygen atoms in total. The Hall–Kier alpha value is -2.32. The van der Waals surface area contributed by atoms with Crippen LogP contribution in [0.25, 0.3) is 6.08 Å². The van der Waals surface area contributed by atoms with E-state index >= 15 is 0 Å². The second-order valence-corrected chi connectivity index (χ2v) is 3.91. The van der Waals surface area contributed by atoms with E-state index in [-0.39, 0.29) is 13.2 Å². The van der Waals surface area contributed by atoms with Crippen molar-refractivity contribution < 1.29 is 9.47 Å². The standard InChI is InChI=1S/C16H16O2/c1-5-9-17-15-7-8-16(18-10-6-2)14(12-15)11-13(3)4/h1-2,7-8,11-12H,9-10H2,3-4H3. The van der Waals surface area contributed by atoms with Crippen LogP contribution in [0, 0.1) is 24.7 Å². The van der Waals surface area contributed by atoms with E-state index in [0.717, 1.165) is 16.9 Å². The zero-order valence-electron chi connectivity index (χ0n) is 10.7. The summed E-state index contributed by atoms with van der Waals surface area (Å²) in [6.45, 7) is 4.52. The van der Waals surface area contributed by atoms with E-state index in [4.69, 9.17) is 22.3 Å². The average Bonchev–Trinajstić information content (AvgIpc) is 2.34. The van der Waals surface area contributed by atoms with E-state index in [2.05, 4.69) is 11.8 Å². The van der Waals surface area contributed by atoms with Crippen LogP contribution in [0.4, 0.5) is 0 Å². The van der Waals surface area contributed by atoms with Crippen LogP contribution in [0.2, 0.25) is 0 Å². The summed E-state index contributed by atoms with van der Waals surface area (Å²) >= 11 is 0. The third-order valence-corrected chi connectivity index (χ3v) is 2.06. The molecule has 0 radical (unpaired) electrons. The van der Waals surface area contributed by atoms with Crippen molar-refractivity contribution in [3.63, 3.8) is 0 Å². The van der Waals surface area contributed by atoms with Gasteiger partial charge in [0, 0.05) is 5.56 Å². The first-order chi connectivity index (χ1) is 8.67. The molecule has 0 saturated carbocycles. The molecule has 0 aliphatic rings. The van der Waals surface area contributed by atoms with Gasteiger partial charge in [0.1, 0.15) is 24.7 Å². The van der Waals surface area contributed by atoms with E-state index < -0.39 is 0 Å². The van der Waals surface area contributed by atoms with Crippen LogP contribution in [0.1, 0.15) is 19.4 Å². The molecule has 0 aromatic heterocycles. The van der Waals surface area contributed by atoms with Crippen LogP contribution in [-0.4, -0.2) is 13.2 Å². The first-order valence-corrected chi connectivity index (χ1v) is 5.59. The normalized spacial score (nSPS) is 8.89. The first-order valence-electron chi connectivity index (χ1n) is 5.59. The monoisotopic (exact) mass is 240 g/mol. The van der Waals surface area contributed by atoms with E-state index in [0.29, 0.717) is 5.75 Å². The molecule has 0 aliphatic carbocycles. The van der Waals surface area contributed by atoms with Crippen molar-refractivity contribution in [2.24, 2.45) is 0 Å². The molecule has 0 N–H and O–H groups in total. The van der Waals surface area contributed by atoms with Gasteiger partial charge in [-0.15, -0.1) is 12.8 Å². The molecule has 1 aromatic carbocycles. The zero-order chi connectivity index (χ0) is 13.4. The van der Waals surface area contributed by atoms with Crippen molar-refractivity contribution in [2.75, 3.05) is 13.2 Å². The smallest absolute Gasteiger partial charge is 0.148 e. The second-order valence-electron chi connectivity index (χ2n) is 3.91. The lowest BCUT2D eigenvalue weighted by Crippen LogP contribution is -1.98. The van der Waals surface area contributed by atoms with Crippen molar-refractivity contribution in [1.29, 1.82) is 0 Å². The highest BCUT2D eigenvalue weighted by Gasteiger charge is 2.03. The van der Waals surface area contributed by atoms with Gasteiger partial charge in [-0.2, -0.15) is 0 Å². The van der Waals surface area contributed by atoms with Crippen LogP contribution in [0.3, 0.4) is 0 Å². The minimum atomic E-state index is 0.244. The Balaban J connectivity index is 3.01. The van der Waals surface area contributed by atoms with Gasteiger partial charge in [0.2, 0.25) is 0 Å². The maximum atomic E-state index is 5.47. The van der Waals surface area contributed by atoms with Crippen LogP contribution < -0.4 is 9.47 Å². The molecular weight excluding hydrogens is 224 g/mol. The fourth-order valence-electron chi connectivity index (χ4n) is 1.42. The molecule has 0 aliphatic heterocycles. The molecular formula is C16H16O2. The number of terminal acetylenes is 2. The Morgan fingerprint density at radius 1 is 1.17 bits per heavy atom. The summed E-state index contributed by atoms with van der Waals surface area (Å²) < 4.78 is 10.8. The molecule has 0 bridgehead atoms. The largest absolute Gasteiger partial charge is 0.481 e. The fourth-order valence-corrected chi connectivity index (χ4v) is 1.42. The molecule has 0 atom stereocenters. The number of hydrogen-bond acceptors (Lipinski definition) is 2. The summed E-state index contributed by atoms with van der Waals surface area (Å²) in [6.07, 6.45) is 12.4. The average molecular weight is 240 g/mol.